The second kappa shape index (κ2) is 12.2. The summed E-state index contributed by atoms with van der Waals surface area (Å²) in [6, 6.07) is 7.42. The largest absolute Gasteiger partial charge is 0.423 e. The number of nitro benzene ring substituents is 1. The molecule has 2 heterocycles. The van der Waals surface area contributed by atoms with E-state index in [4.69, 9.17) is 4.74 Å². The highest BCUT2D eigenvalue weighted by Crippen LogP contribution is 2.38. The summed E-state index contributed by atoms with van der Waals surface area (Å²) < 4.78 is 60.0. The van der Waals surface area contributed by atoms with Crippen molar-refractivity contribution in [3.05, 3.63) is 62.9 Å². The number of carbonyl (C=O) groups excluding carboxylic acids is 1. The van der Waals surface area contributed by atoms with Crippen molar-refractivity contribution in [2.45, 2.75) is 50.6 Å². The van der Waals surface area contributed by atoms with E-state index < -0.39 is 22.4 Å². The number of hydrogen-bond donors (Lipinski definition) is 1. The highest BCUT2D eigenvalue weighted by atomic mass is 32.1. The molecule has 3 aromatic rings. The zero-order valence-corrected chi connectivity index (χ0v) is 22.8. The Morgan fingerprint density at radius 3 is 2.51 bits per heavy atom. The molecule has 1 N–H and O–H groups in total. The number of halogens is 4. The first-order chi connectivity index (χ1) is 19.5. The summed E-state index contributed by atoms with van der Waals surface area (Å²) in [5.41, 5.74) is -1.42. The van der Waals surface area contributed by atoms with Gasteiger partial charge in [0.1, 0.15) is 23.0 Å². The lowest BCUT2D eigenvalue weighted by atomic mass is 9.92. The zero-order valence-electron chi connectivity index (χ0n) is 22.0. The number of amides is 1. The molecular weight excluding hydrogens is 566 g/mol. The number of aromatic nitrogens is 1. The third-order valence-electron chi connectivity index (χ3n) is 7.46. The van der Waals surface area contributed by atoms with Crippen molar-refractivity contribution in [1.82, 2.24) is 14.8 Å². The van der Waals surface area contributed by atoms with Gasteiger partial charge in [-0.25, -0.2) is 9.37 Å². The molecule has 2 aliphatic rings. The minimum Gasteiger partial charge on any atom is -0.382 e. The van der Waals surface area contributed by atoms with Gasteiger partial charge in [0.25, 0.3) is 5.69 Å². The van der Waals surface area contributed by atoms with E-state index >= 15 is 0 Å². The van der Waals surface area contributed by atoms with E-state index in [1.165, 1.54) is 18.2 Å². The minimum atomic E-state index is -4.83. The molecule has 0 radical (unpaired) electrons. The Bertz CT molecular complexity index is 1400. The van der Waals surface area contributed by atoms with Gasteiger partial charge in [0.2, 0.25) is 5.91 Å². The maximum Gasteiger partial charge on any atom is 0.423 e. The highest BCUT2D eigenvalue weighted by molar-refractivity contribution is 7.18. The molecule has 0 spiro atoms. The fourth-order valence-corrected chi connectivity index (χ4v) is 6.25. The summed E-state index contributed by atoms with van der Waals surface area (Å²) in [7, 11) is 0. The Labute approximate surface area is 237 Å². The molecular formula is C27H29F4N5O4S. The number of ether oxygens (including phenoxy) is 1. The number of thiazole rings is 1. The number of nitrogens with zero attached hydrogens (tertiary/aromatic N) is 4. The molecule has 220 valence electrons. The number of fused-ring (bicyclic) bond motifs is 1. The molecule has 0 bridgehead atoms. The van der Waals surface area contributed by atoms with Gasteiger partial charge in [-0.3, -0.25) is 19.8 Å². The third-order valence-corrected chi connectivity index (χ3v) is 8.49. The predicted octanol–water partition coefficient (Wildman–Crippen LogP) is 5.45. The number of alkyl halides is 3. The topological polar surface area (TPSA) is 101 Å². The third kappa shape index (κ3) is 7.29. The number of carbonyl (C=O) groups is 1. The van der Waals surface area contributed by atoms with Crippen molar-refractivity contribution in [1.29, 1.82) is 0 Å². The summed E-state index contributed by atoms with van der Waals surface area (Å²) in [4.78, 5) is 31.2. The van der Waals surface area contributed by atoms with Gasteiger partial charge in [0, 0.05) is 50.0 Å². The number of nitro groups is 1. The van der Waals surface area contributed by atoms with E-state index in [1.54, 1.807) is 22.3 Å². The summed E-state index contributed by atoms with van der Waals surface area (Å²) in [6.07, 6.45) is -2.40. The maximum absolute atomic E-state index is 13.4. The number of anilines is 1. The van der Waals surface area contributed by atoms with Crippen LogP contribution in [0.1, 0.15) is 36.3 Å². The first-order valence-electron chi connectivity index (χ1n) is 13.3. The van der Waals surface area contributed by atoms with Gasteiger partial charge in [-0.2, -0.15) is 13.2 Å². The Morgan fingerprint density at radius 2 is 1.83 bits per heavy atom. The lowest BCUT2D eigenvalue weighted by molar-refractivity contribution is -0.388. The van der Waals surface area contributed by atoms with Crippen LogP contribution < -0.4 is 5.32 Å². The van der Waals surface area contributed by atoms with E-state index in [9.17, 15) is 32.5 Å². The van der Waals surface area contributed by atoms with Gasteiger partial charge in [-0.1, -0.05) is 0 Å². The van der Waals surface area contributed by atoms with Crippen molar-refractivity contribution in [3.8, 4) is 0 Å². The first-order valence-corrected chi connectivity index (χ1v) is 14.2. The van der Waals surface area contributed by atoms with Crippen LogP contribution >= 0.6 is 11.3 Å². The van der Waals surface area contributed by atoms with Gasteiger partial charge < -0.3 is 15.0 Å². The van der Waals surface area contributed by atoms with Crippen LogP contribution in [-0.2, 0) is 22.3 Å². The SMILES string of the molecule is O=C(CO[C@H]1CC[C@H](Nc2ccc([N+](=O)[O-])c(C(F)(F)F)c2)CC1)N1CCN(Cc2nc3cc(F)ccc3s2)CC1. The Kier molecular flexibility index (Phi) is 8.71. The van der Waals surface area contributed by atoms with Crippen LogP contribution in [0.5, 0.6) is 0 Å². The molecule has 1 saturated heterocycles. The summed E-state index contributed by atoms with van der Waals surface area (Å²) >= 11 is 1.54. The molecule has 2 aromatic carbocycles. The molecule has 1 amide bonds. The maximum atomic E-state index is 13.4. The van der Waals surface area contributed by atoms with Crippen molar-refractivity contribution in [2.24, 2.45) is 0 Å². The van der Waals surface area contributed by atoms with Gasteiger partial charge >= 0.3 is 6.18 Å². The lowest BCUT2D eigenvalue weighted by Crippen LogP contribution is -2.49. The molecule has 5 rings (SSSR count). The normalized spacial score (nSPS) is 20.3. The number of piperazine rings is 1. The zero-order chi connectivity index (χ0) is 29.1. The number of hydrogen-bond acceptors (Lipinski definition) is 8. The van der Waals surface area contributed by atoms with Crippen molar-refractivity contribution >= 4 is 38.8 Å². The van der Waals surface area contributed by atoms with Crippen molar-refractivity contribution in [3.63, 3.8) is 0 Å². The smallest absolute Gasteiger partial charge is 0.382 e. The number of nitrogens with one attached hydrogen (secondary N) is 1. The van der Waals surface area contributed by atoms with E-state index in [0.717, 1.165) is 21.8 Å². The van der Waals surface area contributed by atoms with Gasteiger partial charge in [-0.05, 0) is 49.9 Å². The Morgan fingerprint density at radius 1 is 1.10 bits per heavy atom. The van der Waals surface area contributed by atoms with Crippen LogP contribution in [0, 0.1) is 15.9 Å². The van der Waals surface area contributed by atoms with E-state index in [0.29, 0.717) is 63.9 Å². The van der Waals surface area contributed by atoms with Crippen LogP contribution in [-0.4, -0.2) is 70.5 Å². The van der Waals surface area contributed by atoms with Crippen LogP contribution in [0.2, 0.25) is 0 Å². The molecule has 1 aliphatic carbocycles. The summed E-state index contributed by atoms with van der Waals surface area (Å²) in [5, 5.41) is 14.9. The van der Waals surface area contributed by atoms with Crippen molar-refractivity contribution < 1.29 is 32.0 Å². The molecule has 1 aromatic heterocycles. The van der Waals surface area contributed by atoms with E-state index in [-0.39, 0.29) is 36.2 Å². The van der Waals surface area contributed by atoms with Crippen LogP contribution in [0.25, 0.3) is 10.2 Å². The summed E-state index contributed by atoms with van der Waals surface area (Å²) in [6.45, 7) is 3.18. The average Bonchev–Trinajstić information content (AvgIpc) is 3.33. The average molecular weight is 596 g/mol. The van der Waals surface area contributed by atoms with Crippen LogP contribution in [0.15, 0.2) is 36.4 Å². The van der Waals surface area contributed by atoms with Gasteiger partial charge in [-0.15, -0.1) is 11.3 Å². The lowest BCUT2D eigenvalue weighted by Gasteiger charge is -2.35. The molecule has 1 saturated carbocycles. The predicted molar refractivity (Wildman–Crippen MR) is 145 cm³/mol. The molecule has 41 heavy (non-hydrogen) atoms. The highest BCUT2D eigenvalue weighted by Gasteiger charge is 2.38. The number of benzene rings is 2. The van der Waals surface area contributed by atoms with Crippen LogP contribution in [0.3, 0.4) is 0 Å². The second-order valence-electron chi connectivity index (χ2n) is 10.3. The number of rotatable bonds is 8. The molecule has 14 heteroatoms. The minimum absolute atomic E-state index is 0.0243. The monoisotopic (exact) mass is 595 g/mol. The molecule has 2 fully saturated rings. The quantitative estimate of drug-likeness (QED) is 0.210. The Hall–Kier alpha value is -3.36. The first kappa shape index (κ1) is 29.1. The van der Waals surface area contributed by atoms with E-state index in [2.05, 4.69) is 15.2 Å². The van der Waals surface area contributed by atoms with Gasteiger partial charge in [0.05, 0.1) is 27.8 Å². The summed E-state index contributed by atoms with van der Waals surface area (Å²) in [5.74, 6) is -0.385. The molecule has 1 aliphatic heterocycles. The van der Waals surface area contributed by atoms with Crippen molar-refractivity contribution in [2.75, 3.05) is 38.1 Å². The molecule has 0 unspecified atom stereocenters. The molecule has 9 nitrogen and oxygen atoms in total. The van der Waals surface area contributed by atoms with E-state index in [1.807, 2.05) is 0 Å². The molecule has 0 atom stereocenters. The van der Waals surface area contributed by atoms with Crippen LogP contribution in [0.4, 0.5) is 28.9 Å². The standard InChI is InChI=1S/C27H29F4N5O4S/c28-17-1-8-24-22(13-17)33-25(41-24)15-34-9-11-35(12-10-34)26(37)16-40-20-5-2-18(3-6-20)32-19-4-7-23(36(38)39)21(14-19)27(29,30)31/h1,4,7-8,13-14,18,20,32H,2-3,5-6,9-12,15-16H2/t18-,20-. The van der Waals surface area contributed by atoms with Gasteiger partial charge in [0.15, 0.2) is 0 Å². The fourth-order valence-electron chi connectivity index (χ4n) is 5.26. The fraction of sp³-hybridized carbons (Fsp3) is 0.481. The second-order valence-corrected chi connectivity index (χ2v) is 11.4. The Balaban J connectivity index is 1.03.